The van der Waals surface area contributed by atoms with Gasteiger partial charge in [0.25, 0.3) is 5.91 Å². The van der Waals surface area contributed by atoms with E-state index in [4.69, 9.17) is 5.11 Å². The van der Waals surface area contributed by atoms with Crippen LogP contribution in [0.15, 0.2) is 58.8 Å². The molecular formula is C20H19N3O4S2. The van der Waals surface area contributed by atoms with Crippen LogP contribution >= 0.6 is 11.3 Å². The molecule has 3 rings (SSSR count). The Bertz CT molecular complexity index is 1050. The fourth-order valence-corrected chi connectivity index (χ4v) is 4.03. The molecule has 2 aromatic carbocycles. The Labute approximate surface area is 174 Å². The number of thiazole rings is 1. The van der Waals surface area contributed by atoms with Gasteiger partial charge in [0.1, 0.15) is 0 Å². The van der Waals surface area contributed by atoms with Crippen molar-refractivity contribution in [2.75, 3.05) is 16.9 Å². The number of hydrogen-bond donors (Lipinski definition) is 3. The fraction of sp³-hybridized carbons (Fsp3) is 0.150. The van der Waals surface area contributed by atoms with E-state index in [2.05, 4.69) is 15.6 Å². The lowest BCUT2D eigenvalue weighted by Gasteiger charge is -2.10. The minimum absolute atomic E-state index is 0.178. The second-order valence-electron chi connectivity index (χ2n) is 6.17. The summed E-state index contributed by atoms with van der Waals surface area (Å²) in [5.74, 6) is -1.28. The highest BCUT2D eigenvalue weighted by Crippen LogP contribution is 2.20. The van der Waals surface area contributed by atoms with Crippen molar-refractivity contribution in [1.29, 1.82) is 0 Å². The average molecular weight is 430 g/mol. The number of carbonyl (C=O) groups is 2. The molecule has 1 aromatic heterocycles. The Morgan fingerprint density at radius 2 is 1.86 bits per heavy atom. The number of aromatic nitrogens is 1. The van der Waals surface area contributed by atoms with Gasteiger partial charge in [0, 0.05) is 23.7 Å². The van der Waals surface area contributed by atoms with E-state index in [0.29, 0.717) is 22.9 Å². The van der Waals surface area contributed by atoms with Gasteiger partial charge in [-0.1, -0.05) is 24.3 Å². The summed E-state index contributed by atoms with van der Waals surface area (Å²) in [6.07, 6.45) is 1.46. The Kier molecular flexibility index (Phi) is 6.73. The first-order valence-corrected chi connectivity index (χ1v) is 11.1. The molecule has 0 aliphatic rings. The highest BCUT2D eigenvalue weighted by molar-refractivity contribution is 7.84. The summed E-state index contributed by atoms with van der Waals surface area (Å²) >= 11 is 1.19. The molecule has 0 saturated heterocycles. The maximum Gasteiger partial charge on any atom is 0.309 e. The van der Waals surface area contributed by atoms with Crippen LogP contribution in [0, 0.1) is 0 Å². The molecule has 1 amide bonds. The molecule has 150 valence electrons. The van der Waals surface area contributed by atoms with Crippen LogP contribution < -0.4 is 10.6 Å². The van der Waals surface area contributed by atoms with Gasteiger partial charge in [0.2, 0.25) is 0 Å². The van der Waals surface area contributed by atoms with E-state index in [1.165, 1.54) is 11.3 Å². The van der Waals surface area contributed by atoms with Crippen molar-refractivity contribution in [1.82, 2.24) is 4.98 Å². The van der Waals surface area contributed by atoms with E-state index in [-0.39, 0.29) is 12.3 Å². The zero-order valence-electron chi connectivity index (χ0n) is 15.5. The summed E-state index contributed by atoms with van der Waals surface area (Å²) < 4.78 is 11.8. The summed E-state index contributed by atoms with van der Waals surface area (Å²) in [5, 5.41) is 16.7. The summed E-state index contributed by atoms with van der Waals surface area (Å²) in [4.78, 5) is 27.9. The van der Waals surface area contributed by atoms with Gasteiger partial charge in [0.05, 0.1) is 33.5 Å². The molecule has 3 N–H and O–H groups in total. The van der Waals surface area contributed by atoms with Crippen LogP contribution in [0.25, 0.3) is 0 Å². The van der Waals surface area contributed by atoms with Gasteiger partial charge in [0.15, 0.2) is 5.13 Å². The maximum atomic E-state index is 12.3. The highest BCUT2D eigenvalue weighted by atomic mass is 32.2. The van der Waals surface area contributed by atoms with Crippen LogP contribution in [-0.2, 0) is 28.6 Å². The molecule has 29 heavy (non-hydrogen) atoms. The minimum Gasteiger partial charge on any atom is -0.481 e. The number of para-hydroxylation sites is 1. The van der Waals surface area contributed by atoms with Crippen molar-refractivity contribution in [2.45, 2.75) is 17.9 Å². The van der Waals surface area contributed by atoms with Crippen LogP contribution in [0.1, 0.15) is 21.6 Å². The first kappa shape index (κ1) is 20.7. The molecule has 0 fully saturated rings. The number of amides is 1. The average Bonchev–Trinajstić information content (AvgIpc) is 3.12. The van der Waals surface area contributed by atoms with Gasteiger partial charge in [-0.05, 0) is 29.8 Å². The van der Waals surface area contributed by atoms with E-state index in [0.717, 1.165) is 16.1 Å². The number of carbonyl (C=O) groups excluding carboxylic acids is 1. The Balaban J connectivity index is 1.60. The lowest BCUT2D eigenvalue weighted by molar-refractivity contribution is -0.136. The number of rotatable bonds is 8. The van der Waals surface area contributed by atoms with Crippen molar-refractivity contribution >= 4 is 44.8 Å². The molecule has 0 spiro atoms. The second kappa shape index (κ2) is 9.44. The second-order valence-corrected chi connectivity index (χ2v) is 8.38. The minimum atomic E-state index is -1.08. The lowest BCUT2D eigenvalue weighted by Crippen LogP contribution is -2.12. The zero-order valence-corrected chi connectivity index (χ0v) is 17.2. The Hall–Kier alpha value is -3.04. The zero-order chi connectivity index (χ0) is 20.8. The number of carboxylic acid groups (broad SMARTS) is 1. The van der Waals surface area contributed by atoms with Crippen molar-refractivity contribution in [2.24, 2.45) is 0 Å². The predicted molar refractivity (Wildman–Crippen MR) is 114 cm³/mol. The molecule has 9 heteroatoms. The molecule has 0 saturated carbocycles. The molecule has 0 radical (unpaired) electrons. The van der Waals surface area contributed by atoms with E-state index >= 15 is 0 Å². The van der Waals surface area contributed by atoms with Crippen molar-refractivity contribution < 1.29 is 18.9 Å². The summed E-state index contributed by atoms with van der Waals surface area (Å²) in [5.41, 5.74) is 2.67. The quantitative estimate of drug-likeness (QED) is 0.507. The van der Waals surface area contributed by atoms with Gasteiger partial charge < -0.3 is 10.4 Å². The first-order chi connectivity index (χ1) is 13.9. The van der Waals surface area contributed by atoms with Gasteiger partial charge in [-0.15, -0.1) is 11.3 Å². The summed E-state index contributed by atoms with van der Waals surface area (Å²) in [7, 11) is -1.08. The van der Waals surface area contributed by atoms with Gasteiger partial charge in [-0.25, -0.2) is 4.98 Å². The largest absolute Gasteiger partial charge is 0.481 e. The molecule has 0 aliphatic carbocycles. The fourth-order valence-electron chi connectivity index (χ4n) is 2.60. The van der Waals surface area contributed by atoms with Crippen LogP contribution in [0.3, 0.4) is 0 Å². The van der Waals surface area contributed by atoms with Gasteiger partial charge in [-0.3, -0.25) is 19.1 Å². The first-order valence-electron chi connectivity index (χ1n) is 8.65. The molecule has 0 aliphatic heterocycles. The van der Waals surface area contributed by atoms with E-state index < -0.39 is 16.8 Å². The summed E-state index contributed by atoms with van der Waals surface area (Å²) in [6, 6.07) is 14.5. The molecule has 7 nitrogen and oxygen atoms in total. The van der Waals surface area contributed by atoms with Crippen molar-refractivity contribution in [3.8, 4) is 0 Å². The third kappa shape index (κ3) is 5.72. The molecule has 1 unspecified atom stereocenters. The van der Waals surface area contributed by atoms with Crippen LogP contribution in [0.5, 0.6) is 0 Å². The Morgan fingerprint density at radius 1 is 1.14 bits per heavy atom. The van der Waals surface area contributed by atoms with Crippen molar-refractivity contribution in [3.63, 3.8) is 0 Å². The number of nitrogens with one attached hydrogen (secondary N) is 2. The number of nitrogens with zero attached hydrogens (tertiary/aromatic N) is 1. The number of anilines is 2. The van der Waals surface area contributed by atoms with Crippen LogP contribution in [0.2, 0.25) is 0 Å². The van der Waals surface area contributed by atoms with Crippen LogP contribution in [0.4, 0.5) is 10.8 Å². The molecule has 1 heterocycles. The third-order valence-corrected chi connectivity index (χ3v) is 5.78. The topological polar surface area (TPSA) is 108 Å². The highest BCUT2D eigenvalue weighted by Gasteiger charge is 2.11. The monoisotopic (exact) mass is 429 g/mol. The van der Waals surface area contributed by atoms with E-state index in [1.807, 2.05) is 36.4 Å². The predicted octanol–water partition coefficient (Wildman–Crippen LogP) is 3.37. The van der Waals surface area contributed by atoms with Crippen LogP contribution in [-0.4, -0.2) is 32.4 Å². The molecular weight excluding hydrogens is 410 g/mol. The van der Waals surface area contributed by atoms with E-state index in [9.17, 15) is 13.8 Å². The SMILES string of the molecule is CS(=O)c1ccccc1NCc1ccc(C(=O)Nc2nc(CC(=O)O)cs2)cc1. The number of carboxylic acids is 1. The molecule has 0 bridgehead atoms. The van der Waals surface area contributed by atoms with E-state index in [1.54, 1.807) is 23.8 Å². The lowest BCUT2D eigenvalue weighted by atomic mass is 10.1. The third-order valence-electron chi connectivity index (χ3n) is 4.00. The maximum absolute atomic E-state index is 12.3. The summed E-state index contributed by atoms with van der Waals surface area (Å²) in [6.45, 7) is 0.529. The van der Waals surface area contributed by atoms with Gasteiger partial charge >= 0.3 is 5.97 Å². The number of aliphatic carboxylic acids is 1. The smallest absolute Gasteiger partial charge is 0.309 e. The molecule has 3 aromatic rings. The van der Waals surface area contributed by atoms with Gasteiger partial charge in [-0.2, -0.15) is 0 Å². The number of benzene rings is 2. The Morgan fingerprint density at radius 3 is 2.55 bits per heavy atom. The normalized spacial score (nSPS) is 11.6. The standard InChI is InChI=1S/C20H19N3O4S2/c1-29(27)17-5-3-2-4-16(17)21-11-13-6-8-14(9-7-13)19(26)23-20-22-15(12-28-20)10-18(24)25/h2-9,12,21H,10-11H2,1H3,(H,24,25)(H,22,23,26). The van der Waals surface area contributed by atoms with Crippen molar-refractivity contribution in [3.05, 3.63) is 70.7 Å². The number of hydrogen-bond acceptors (Lipinski definition) is 6. The molecule has 1 atom stereocenters.